The largest absolute Gasteiger partial charge is 0.444 e. The number of nitrogens with one attached hydrogen (secondary N) is 1. The van der Waals surface area contributed by atoms with Crippen molar-refractivity contribution in [1.82, 2.24) is 5.32 Å². The number of halogens is 1. The van der Waals surface area contributed by atoms with E-state index in [0.29, 0.717) is 17.0 Å². The standard InChI is InChI=1S/C22H21BrN2O2/c23-21-10-9-20(27-21)22(26)24-13-11-16-5-7-19(8-6-16)25-14-12-17-3-1-2-4-18(17)15-25/h1-10H,11-15H2,(H,24,26). The van der Waals surface area contributed by atoms with Crippen molar-refractivity contribution in [2.24, 2.45) is 0 Å². The fourth-order valence-electron chi connectivity index (χ4n) is 3.43. The molecule has 5 heteroatoms. The van der Waals surface area contributed by atoms with Crippen LogP contribution in [0, 0.1) is 0 Å². The molecule has 1 aliphatic heterocycles. The van der Waals surface area contributed by atoms with Crippen LogP contribution in [0.2, 0.25) is 0 Å². The quantitative estimate of drug-likeness (QED) is 0.651. The van der Waals surface area contributed by atoms with E-state index in [0.717, 1.165) is 25.9 Å². The molecule has 0 radical (unpaired) electrons. The summed E-state index contributed by atoms with van der Waals surface area (Å²) < 4.78 is 5.81. The Hall–Kier alpha value is -2.53. The molecule has 0 bridgehead atoms. The van der Waals surface area contributed by atoms with Crippen LogP contribution in [-0.4, -0.2) is 19.0 Å². The number of anilines is 1. The van der Waals surface area contributed by atoms with Gasteiger partial charge in [-0.15, -0.1) is 0 Å². The first-order chi connectivity index (χ1) is 13.2. The van der Waals surface area contributed by atoms with Crippen molar-refractivity contribution in [2.75, 3.05) is 18.0 Å². The second-order valence-corrected chi connectivity index (χ2v) is 7.50. The number of carbonyl (C=O) groups excluding carboxylic acids is 1. The van der Waals surface area contributed by atoms with Crippen LogP contribution in [0.5, 0.6) is 0 Å². The Labute approximate surface area is 167 Å². The number of benzene rings is 2. The van der Waals surface area contributed by atoms with Crippen molar-refractivity contribution in [1.29, 1.82) is 0 Å². The monoisotopic (exact) mass is 424 g/mol. The van der Waals surface area contributed by atoms with Gasteiger partial charge in [-0.25, -0.2) is 0 Å². The fourth-order valence-corrected chi connectivity index (χ4v) is 3.74. The third-order valence-corrected chi connectivity index (χ3v) is 5.35. The molecule has 1 aromatic heterocycles. The maximum absolute atomic E-state index is 12.0. The molecule has 138 valence electrons. The van der Waals surface area contributed by atoms with Gasteiger partial charge in [0, 0.05) is 25.3 Å². The lowest BCUT2D eigenvalue weighted by Gasteiger charge is -2.30. The SMILES string of the molecule is O=C(NCCc1ccc(N2CCc3ccccc3C2)cc1)c1ccc(Br)o1. The topological polar surface area (TPSA) is 45.5 Å². The molecule has 3 aromatic rings. The Morgan fingerprint density at radius 2 is 1.81 bits per heavy atom. The average Bonchev–Trinajstić information content (AvgIpc) is 3.14. The van der Waals surface area contributed by atoms with Crippen LogP contribution in [0.3, 0.4) is 0 Å². The summed E-state index contributed by atoms with van der Waals surface area (Å²) in [6.07, 6.45) is 1.88. The first-order valence-corrected chi connectivity index (χ1v) is 9.92. The summed E-state index contributed by atoms with van der Waals surface area (Å²) >= 11 is 3.20. The minimum absolute atomic E-state index is 0.190. The van der Waals surface area contributed by atoms with Gasteiger partial charge in [0.25, 0.3) is 5.91 Å². The Kier molecular flexibility index (Phi) is 5.30. The van der Waals surface area contributed by atoms with E-state index >= 15 is 0 Å². The first kappa shape index (κ1) is 17.9. The Balaban J connectivity index is 1.31. The lowest BCUT2D eigenvalue weighted by molar-refractivity contribution is 0.0925. The van der Waals surface area contributed by atoms with Crippen molar-refractivity contribution in [3.05, 3.63) is 87.8 Å². The summed E-state index contributed by atoms with van der Waals surface area (Å²) in [5.74, 6) is 0.131. The predicted molar refractivity (Wildman–Crippen MR) is 110 cm³/mol. The zero-order valence-electron chi connectivity index (χ0n) is 15.0. The number of amides is 1. The van der Waals surface area contributed by atoms with E-state index in [2.05, 4.69) is 74.7 Å². The summed E-state index contributed by atoms with van der Waals surface area (Å²) in [5.41, 5.74) is 5.33. The number of fused-ring (bicyclic) bond motifs is 1. The van der Waals surface area contributed by atoms with Gasteiger partial charge < -0.3 is 14.6 Å². The highest BCUT2D eigenvalue weighted by molar-refractivity contribution is 9.10. The van der Waals surface area contributed by atoms with Crippen molar-refractivity contribution < 1.29 is 9.21 Å². The minimum atomic E-state index is -0.190. The van der Waals surface area contributed by atoms with Crippen molar-refractivity contribution >= 4 is 27.5 Å². The maximum Gasteiger partial charge on any atom is 0.287 e. The van der Waals surface area contributed by atoms with Gasteiger partial charge in [-0.05, 0) is 69.7 Å². The van der Waals surface area contributed by atoms with E-state index in [9.17, 15) is 4.79 Å². The molecule has 27 heavy (non-hydrogen) atoms. The fraction of sp³-hybridized carbons (Fsp3) is 0.227. The summed E-state index contributed by atoms with van der Waals surface area (Å²) in [4.78, 5) is 14.4. The second-order valence-electron chi connectivity index (χ2n) is 6.72. The highest BCUT2D eigenvalue weighted by atomic mass is 79.9. The van der Waals surface area contributed by atoms with E-state index in [4.69, 9.17) is 4.42 Å². The van der Waals surface area contributed by atoms with Gasteiger partial charge in [-0.3, -0.25) is 4.79 Å². The highest BCUT2D eigenvalue weighted by Gasteiger charge is 2.16. The number of hydrogen-bond acceptors (Lipinski definition) is 3. The Bertz CT molecular complexity index is 933. The van der Waals surface area contributed by atoms with Crippen molar-refractivity contribution in [3.8, 4) is 0 Å². The summed E-state index contributed by atoms with van der Waals surface area (Å²) in [6.45, 7) is 2.59. The van der Waals surface area contributed by atoms with Crippen LogP contribution in [0.25, 0.3) is 0 Å². The highest BCUT2D eigenvalue weighted by Crippen LogP contribution is 2.24. The zero-order valence-corrected chi connectivity index (χ0v) is 16.5. The third kappa shape index (κ3) is 4.25. The number of furan rings is 1. The molecule has 0 saturated heterocycles. The second kappa shape index (κ2) is 8.01. The molecule has 1 N–H and O–H groups in total. The van der Waals surface area contributed by atoms with Crippen LogP contribution in [-0.2, 0) is 19.4 Å². The van der Waals surface area contributed by atoms with Gasteiger partial charge in [0.15, 0.2) is 10.4 Å². The van der Waals surface area contributed by atoms with Gasteiger partial charge >= 0.3 is 0 Å². The van der Waals surface area contributed by atoms with E-state index in [1.54, 1.807) is 12.1 Å². The Morgan fingerprint density at radius 1 is 1.04 bits per heavy atom. The Morgan fingerprint density at radius 3 is 2.56 bits per heavy atom. The normalized spacial score (nSPS) is 13.3. The van der Waals surface area contributed by atoms with Crippen molar-refractivity contribution in [3.63, 3.8) is 0 Å². The van der Waals surface area contributed by atoms with Gasteiger partial charge in [0.05, 0.1) is 0 Å². The molecule has 1 amide bonds. The van der Waals surface area contributed by atoms with E-state index < -0.39 is 0 Å². The van der Waals surface area contributed by atoms with Crippen LogP contribution < -0.4 is 10.2 Å². The summed E-state index contributed by atoms with van der Waals surface area (Å²) in [7, 11) is 0. The number of hydrogen-bond donors (Lipinski definition) is 1. The van der Waals surface area contributed by atoms with Crippen LogP contribution in [0.4, 0.5) is 5.69 Å². The van der Waals surface area contributed by atoms with Gasteiger partial charge in [-0.2, -0.15) is 0 Å². The van der Waals surface area contributed by atoms with Gasteiger partial charge in [0.1, 0.15) is 0 Å². The van der Waals surface area contributed by atoms with Crippen LogP contribution in [0.1, 0.15) is 27.2 Å². The minimum Gasteiger partial charge on any atom is -0.444 e. The lowest BCUT2D eigenvalue weighted by Crippen LogP contribution is -2.30. The third-order valence-electron chi connectivity index (χ3n) is 4.93. The first-order valence-electron chi connectivity index (χ1n) is 9.13. The molecule has 0 saturated carbocycles. The van der Waals surface area contributed by atoms with Crippen LogP contribution >= 0.6 is 15.9 Å². The maximum atomic E-state index is 12.0. The molecule has 0 spiro atoms. The molecule has 0 aliphatic carbocycles. The molecular weight excluding hydrogens is 404 g/mol. The van der Waals surface area contributed by atoms with Crippen molar-refractivity contribution in [2.45, 2.75) is 19.4 Å². The van der Waals surface area contributed by atoms with Gasteiger partial charge in [-0.1, -0.05) is 36.4 Å². The van der Waals surface area contributed by atoms with E-state index in [-0.39, 0.29) is 5.91 Å². The lowest BCUT2D eigenvalue weighted by atomic mass is 9.99. The molecule has 0 unspecified atom stereocenters. The number of nitrogens with zero attached hydrogens (tertiary/aromatic N) is 1. The molecular formula is C22H21BrN2O2. The smallest absolute Gasteiger partial charge is 0.287 e. The van der Waals surface area contributed by atoms with Crippen LogP contribution in [0.15, 0.2) is 69.8 Å². The number of rotatable bonds is 5. The molecule has 2 heterocycles. The molecule has 2 aromatic carbocycles. The molecule has 1 aliphatic rings. The summed E-state index contributed by atoms with van der Waals surface area (Å²) in [5, 5.41) is 2.89. The van der Waals surface area contributed by atoms with E-state index in [1.165, 1.54) is 22.4 Å². The van der Waals surface area contributed by atoms with E-state index in [1.807, 2.05) is 0 Å². The average molecular weight is 425 g/mol. The number of carbonyl (C=O) groups is 1. The molecule has 4 nitrogen and oxygen atoms in total. The predicted octanol–water partition coefficient (Wildman–Crippen LogP) is 4.58. The molecule has 4 rings (SSSR count). The zero-order chi connectivity index (χ0) is 18.6. The van der Waals surface area contributed by atoms with Gasteiger partial charge in [0.2, 0.25) is 0 Å². The molecule has 0 fully saturated rings. The summed E-state index contributed by atoms with van der Waals surface area (Å²) in [6, 6.07) is 20.7. The molecule has 0 atom stereocenters.